The van der Waals surface area contributed by atoms with Crippen LogP contribution in [0.4, 0.5) is 0 Å². The van der Waals surface area contributed by atoms with E-state index in [4.69, 9.17) is 11.6 Å². The van der Waals surface area contributed by atoms with Gasteiger partial charge < -0.3 is 10.2 Å². The fourth-order valence-corrected chi connectivity index (χ4v) is 2.84. The summed E-state index contributed by atoms with van der Waals surface area (Å²) < 4.78 is 0. The SMILES string of the molecule is Cc1ccc(CN2CN/C(=N\[N+](=O)[O-])N(Cc3ccc(Cl)nc3)C2)cc1. The van der Waals surface area contributed by atoms with Crippen LogP contribution in [-0.4, -0.2) is 39.1 Å². The number of hydrogen-bond acceptors (Lipinski definition) is 4. The molecule has 0 saturated carbocycles. The van der Waals surface area contributed by atoms with Gasteiger partial charge in [-0.2, -0.15) is 0 Å². The van der Waals surface area contributed by atoms with Crippen molar-refractivity contribution in [1.82, 2.24) is 20.1 Å². The van der Waals surface area contributed by atoms with Gasteiger partial charge in [0, 0.05) is 19.3 Å². The summed E-state index contributed by atoms with van der Waals surface area (Å²) in [5, 5.41) is 17.0. The quantitative estimate of drug-likeness (QED) is 0.491. The molecule has 1 aromatic heterocycles. The zero-order valence-corrected chi connectivity index (χ0v) is 15.1. The average molecular weight is 375 g/mol. The van der Waals surface area contributed by atoms with Gasteiger partial charge in [0.25, 0.3) is 5.96 Å². The molecule has 9 heteroatoms. The lowest BCUT2D eigenvalue weighted by atomic mass is 10.1. The largest absolute Gasteiger partial charge is 0.338 e. The maximum Gasteiger partial charge on any atom is 0.273 e. The third-order valence-corrected chi connectivity index (χ3v) is 4.22. The number of halogens is 1. The Balaban J connectivity index is 1.73. The number of hydrazone groups is 1. The van der Waals surface area contributed by atoms with E-state index >= 15 is 0 Å². The van der Waals surface area contributed by atoms with Crippen LogP contribution in [0, 0.1) is 17.0 Å². The highest BCUT2D eigenvalue weighted by Gasteiger charge is 2.24. The summed E-state index contributed by atoms with van der Waals surface area (Å²) in [5.74, 6) is 0.241. The maximum atomic E-state index is 10.8. The number of guanidine groups is 1. The lowest BCUT2D eigenvalue weighted by molar-refractivity contribution is -0.486. The van der Waals surface area contributed by atoms with Crippen molar-refractivity contribution in [3.63, 3.8) is 0 Å². The van der Waals surface area contributed by atoms with E-state index in [1.54, 1.807) is 12.3 Å². The third kappa shape index (κ3) is 4.90. The van der Waals surface area contributed by atoms with Crippen molar-refractivity contribution < 1.29 is 5.03 Å². The smallest absolute Gasteiger partial charge is 0.273 e. The van der Waals surface area contributed by atoms with Crippen molar-refractivity contribution >= 4 is 17.6 Å². The number of nitrogens with one attached hydrogen (secondary N) is 1. The molecule has 136 valence electrons. The van der Waals surface area contributed by atoms with E-state index in [0.29, 0.717) is 25.0 Å². The first-order valence-corrected chi connectivity index (χ1v) is 8.47. The highest BCUT2D eigenvalue weighted by atomic mass is 35.5. The van der Waals surface area contributed by atoms with Gasteiger partial charge in [0.05, 0.1) is 13.3 Å². The minimum Gasteiger partial charge on any atom is -0.338 e. The number of nitrogens with zero attached hydrogens (tertiary/aromatic N) is 5. The molecule has 1 N–H and O–H groups in total. The van der Waals surface area contributed by atoms with Gasteiger partial charge in [0.2, 0.25) is 0 Å². The molecule has 0 spiro atoms. The van der Waals surface area contributed by atoms with E-state index < -0.39 is 5.03 Å². The van der Waals surface area contributed by atoms with Crippen molar-refractivity contribution in [2.75, 3.05) is 13.3 Å². The van der Waals surface area contributed by atoms with Crippen LogP contribution in [0.2, 0.25) is 5.15 Å². The molecule has 3 rings (SSSR count). The van der Waals surface area contributed by atoms with Crippen molar-refractivity contribution in [2.24, 2.45) is 5.10 Å². The fourth-order valence-electron chi connectivity index (χ4n) is 2.73. The highest BCUT2D eigenvalue weighted by Crippen LogP contribution is 2.13. The number of aryl methyl sites for hydroxylation is 1. The van der Waals surface area contributed by atoms with E-state index in [9.17, 15) is 10.1 Å². The van der Waals surface area contributed by atoms with Crippen LogP contribution < -0.4 is 5.32 Å². The minimum absolute atomic E-state index is 0.241. The molecule has 2 aromatic rings. The highest BCUT2D eigenvalue weighted by molar-refractivity contribution is 6.29. The van der Waals surface area contributed by atoms with Crippen LogP contribution in [0.1, 0.15) is 16.7 Å². The van der Waals surface area contributed by atoms with Crippen LogP contribution >= 0.6 is 11.6 Å². The van der Waals surface area contributed by atoms with Crippen LogP contribution in [0.25, 0.3) is 0 Å². The van der Waals surface area contributed by atoms with Crippen molar-refractivity contribution in [3.8, 4) is 0 Å². The molecule has 0 atom stereocenters. The summed E-state index contributed by atoms with van der Waals surface area (Å²) >= 11 is 5.82. The van der Waals surface area contributed by atoms with Crippen LogP contribution in [0.15, 0.2) is 47.7 Å². The molecule has 1 saturated heterocycles. The first-order valence-electron chi connectivity index (χ1n) is 8.10. The number of nitro groups is 1. The van der Waals surface area contributed by atoms with Crippen LogP contribution in [0.3, 0.4) is 0 Å². The molecule has 1 aliphatic heterocycles. The lowest BCUT2D eigenvalue weighted by Gasteiger charge is -2.37. The van der Waals surface area contributed by atoms with Crippen molar-refractivity contribution in [2.45, 2.75) is 20.0 Å². The van der Waals surface area contributed by atoms with Gasteiger partial charge in [-0.25, -0.2) is 15.1 Å². The molecule has 1 aromatic carbocycles. The second-order valence-electron chi connectivity index (χ2n) is 6.14. The standard InChI is InChI=1S/C17H19ClN6O2/c1-13-2-4-14(5-3-13)9-22-11-20-17(21-24(25)26)23(12-22)10-15-6-7-16(18)19-8-15/h2-8H,9-12H2,1H3,(H,20,21). The number of pyridine rings is 1. The van der Waals surface area contributed by atoms with Crippen LogP contribution in [-0.2, 0) is 13.1 Å². The van der Waals surface area contributed by atoms with E-state index in [1.807, 2.05) is 11.0 Å². The Kier molecular flexibility index (Phi) is 5.65. The Bertz CT molecular complexity index is 794. The lowest BCUT2D eigenvalue weighted by Crippen LogP contribution is -2.56. The van der Waals surface area contributed by atoms with Gasteiger partial charge in [-0.05, 0) is 24.1 Å². The van der Waals surface area contributed by atoms with E-state index in [-0.39, 0.29) is 5.96 Å². The molecule has 1 aliphatic rings. The summed E-state index contributed by atoms with van der Waals surface area (Å²) in [7, 11) is 0. The molecule has 2 heterocycles. The first-order chi connectivity index (χ1) is 12.5. The topological polar surface area (TPSA) is 86.9 Å². The average Bonchev–Trinajstić information content (AvgIpc) is 2.61. The summed E-state index contributed by atoms with van der Waals surface area (Å²) in [6.07, 6.45) is 1.66. The normalized spacial score (nSPS) is 16.5. The molecule has 8 nitrogen and oxygen atoms in total. The van der Waals surface area contributed by atoms with Gasteiger partial charge in [-0.15, -0.1) is 0 Å². The number of rotatable bonds is 5. The first kappa shape index (κ1) is 18.1. The summed E-state index contributed by atoms with van der Waals surface area (Å²) in [6.45, 7) is 4.21. The second kappa shape index (κ2) is 8.11. The molecular formula is C17H19ClN6O2. The number of hydrogen-bond donors (Lipinski definition) is 1. The molecule has 0 aliphatic carbocycles. The van der Waals surface area contributed by atoms with E-state index in [2.05, 4.69) is 51.5 Å². The molecule has 26 heavy (non-hydrogen) atoms. The molecule has 0 amide bonds. The Morgan fingerprint density at radius 3 is 2.62 bits per heavy atom. The third-order valence-electron chi connectivity index (χ3n) is 4.00. The fraction of sp³-hybridized carbons (Fsp3) is 0.294. The Labute approximate surface area is 156 Å². The minimum atomic E-state index is -0.689. The van der Waals surface area contributed by atoms with Gasteiger partial charge in [-0.1, -0.05) is 47.5 Å². The predicted molar refractivity (Wildman–Crippen MR) is 98.8 cm³/mol. The molecule has 0 bridgehead atoms. The van der Waals surface area contributed by atoms with Crippen molar-refractivity contribution in [1.29, 1.82) is 0 Å². The maximum absolute atomic E-state index is 10.8. The molecule has 1 fully saturated rings. The monoisotopic (exact) mass is 374 g/mol. The van der Waals surface area contributed by atoms with E-state index in [0.717, 1.165) is 12.1 Å². The molecule has 0 unspecified atom stereocenters. The predicted octanol–water partition coefficient (Wildman–Crippen LogP) is 2.41. The Hall–Kier alpha value is -2.71. The van der Waals surface area contributed by atoms with Gasteiger partial charge in [0.1, 0.15) is 10.3 Å². The summed E-state index contributed by atoms with van der Waals surface area (Å²) in [4.78, 5) is 18.8. The van der Waals surface area contributed by atoms with E-state index in [1.165, 1.54) is 11.1 Å². The van der Waals surface area contributed by atoms with Crippen molar-refractivity contribution in [3.05, 3.63) is 74.6 Å². The summed E-state index contributed by atoms with van der Waals surface area (Å²) in [5.41, 5.74) is 3.28. The van der Waals surface area contributed by atoms with Gasteiger partial charge in [0.15, 0.2) is 5.03 Å². The zero-order valence-electron chi connectivity index (χ0n) is 14.3. The van der Waals surface area contributed by atoms with Gasteiger partial charge >= 0.3 is 0 Å². The molecule has 0 radical (unpaired) electrons. The number of aromatic nitrogens is 1. The Morgan fingerprint density at radius 1 is 1.23 bits per heavy atom. The second-order valence-corrected chi connectivity index (χ2v) is 6.53. The summed E-state index contributed by atoms with van der Waals surface area (Å²) in [6, 6.07) is 11.9. The molecular weight excluding hydrogens is 356 g/mol. The zero-order chi connectivity index (χ0) is 18.5. The number of benzene rings is 1. The Morgan fingerprint density at radius 2 is 1.96 bits per heavy atom. The van der Waals surface area contributed by atoms with Crippen LogP contribution in [0.5, 0.6) is 0 Å². The van der Waals surface area contributed by atoms with Gasteiger partial charge in [-0.3, -0.25) is 4.90 Å².